The molecular weight excluding hydrogens is 246 g/mol. The lowest BCUT2D eigenvalue weighted by atomic mass is 9.76. The van der Waals surface area contributed by atoms with E-state index < -0.39 is 0 Å². The summed E-state index contributed by atoms with van der Waals surface area (Å²) in [5.41, 5.74) is 2.06. The molecule has 0 aromatic heterocycles. The molecule has 0 heterocycles. The Morgan fingerprint density at radius 1 is 1.25 bits per heavy atom. The first-order chi connectivity index (χ1) is 9.74. The van der Waals surface area contributed by atoms with E-state index in [4.69, 9.17) is 5.26 Å². The Labute approximate surface area is 121 Å². The van der Waals surface area contributed by atoms with Gasteiger partial charge in [0, 0.05) is 0 Å². The number of rotatable bonds is 4. The lowest BCUT2D eigenvalue weighted by Gasteiger charge is -2.31. The van der Waals surface area contributed by atoms with Crippen molar-refractivity contribution in [2.45, 2.75) is 51.0 Å². The summed E-state index contributed by atoms with van der Waals surface area (Å²) in [6.07, 6.45) is 9.14. The van der Waals surface area contributed by atoms with Gasteiger partial charge < -0.3 is 5.11 Å². The molecule has 1 atom stereocenters. The molecular formula is C18H23NO. The molecule has 106 valence electrons. The van der Waals surface area contributed by atoms with Crippen molar-refractivity contribution in [1.82, 2.24) is 0 Å². The largest absolute Gasteiger partial charge is 0.393 e. The van der Waals surface area contributed by atoms with Crippen LogP contribution >= 0.6 is 0 Å². The summed E-state index contributed by atoms with van der Waals surface area (Å²) in [7, 11) is 0. The van der Waals surface area contributed by atoms with E-state index in [9.17, 15) is 5.11 Å². The summed E-state index contributed by atoms with van der Waals surface area (Å²) in [5.74, 6) is 1.04. The van der Waals surface area contributed by atoms with Gasteiger partial charge in [0.05, 0.1) is 17.7 Å². The van der Waals surface area contributed by atoms with Crippen LogP contribution in [0.2, 0.25) is 0 Å². The van der Waals surface area contributed by atoms with Crippen LogP contribution in [0.4, 0.5) is 0 Å². The molecule has 1 fully saturated rings. The Morgan fingerprint density at radius 2 is 1.90 bits per heavy atom. The van der Waals surface area contributed by atoms with Gasteiger partial charge >= 0.3 is 0 Å². The molecule has 0 bridgehead atoms. The molecule has 1 aromatic rings. The summed E-state index contributed by atoms with van der Waals surface area (Å²) >= 11 is 0. The van der Waals surface area contributed by atoms with E-state index >= 15 is 0 Å². The van der Waals surface area contributed by atoms with Gasteiger partial charge in [-0.3, -0.25) is 0 Å². The Bertz CT molecular complexity index is 475. The minimum Gasteiger partial charge on any atom is -0.393 e. The van der Waals surface area contributed by atoms with Gasteiger partial charge in [0.1, 0.15) is 0 Å². The Kier molecular flexibility index (Phi) is 5.38. The Balaban J connectivity index is 1.88. The highest BCUT2D eigenvalue weighted by molar-refractivity contribution is 5.33. The fraction of sp³-hybridized carbons (Fsp3) is 0.500. The number of aliphatic hydroxyl groups is 1. The topological polar surface area (TPSA) is 44.0 Å². The Hall–Kier alpha value is -1.59. The molecule has 0 radical (unpaired) electrons. The highest BCUT2D eigenvalue weighted by atomic mass is 16.3. The maximum Gasteiger partial charge on any atom is 0.0991 e. The molecule has 1 saturated carbocycles. The molecule has 0 saturated heterocycles. The average molecular weight is 269 g/mol. The second kappa shape index (κ2) is 7.26. The first kappa shape index (κ1) is 14.8. The van der Waals surface area contributed by atoms with E-state index in [0.717, 1.165) is 37.7 Å². The monoisotopic (exact) mass is 269 g/mol. The summed E-state index contributed by atoms with van der Waals surface area (Å²) in [5, 5.41) is 19.0. The first-order valence-corrected chi connectivity index (χ1v) is 7.54. The van der Waals surface area contributed by atoms with Crippen LogP contribution in [0, 0.1) is 17.2 Å². The van der Waals surface area contributed by atoms with Crippen molar-refractivity contribution in [2.24, 2.45) is 5.92 Å². The normalized spacial score (nSPS) is 24.4. The van der Waals surface area contributed by atoms with Crippen molar-refractivity contribution in [3.05, 3.63) is 47.5 Å². The van der Waals surface area contributed by atoms with E-state index in [1.165, 1.54) is 5.56 Å². The van der Waals surface area contributed by atoms with Crippen LogP contribution in [-0.4, -0.2) is 11.2 Å². The second-order valence-corrected chi connectivity index (χ2v) is 5.72. The maximum atomic E-state index is 10.1. The van der Waals surface area contributed by atoms with Gasteiger partial charge in [-0.1, -0.05) is 24.3 Å². The van der Waals surface area contributed by atoms with Crippen molar-refractivity contribution >= 4 is 0 Å². The molecule has 0 aliphatic heterocycles. The minimum atomic E-state index is -0.187. The molecule has 2 nitrogen and oxygen atoms in total. The SMILES string of the molecule is CC=CCC(O)C1CCC(c2ccc(C#N)cc2)CC1. The smallest absolute Gasteiger partial charge is 0.0991 e. The van der Waals surface area contributed by atoms with Crippen LogP contribution in [-0.2, 0) is 0 Å². The van der Waals surface area contributed by atoms with Crippen molar-refractivity contribution in [3.8, 4) is 6.07 Å². The minimum absolute atomic E-state index is 0.187. The first-order valence-electron chi connectivity index (χ1n) is 7.54. The van der Waals surface area contributed by atoms with E-state index in [0.29, 0.717) is 11.8 Å². The van der Waals surface area contributed by atoms with Crippen LogP contribution in [0.1, 0.15) is 56.1 Å². The van der Waals surface area contributed by atoms with Gasteiger partial charge in [-0.15, -0.1) is 0 Å². The molecule has 1 unspecified atom stereocenters. The number of nitriles is 1. The van der Waals surface area contributed by atoms with Crippen LogP contribution in [0.25, 0.3) is 0 Å². The van der Waals surface area contributed by atoms with Crippen molar-refractivity contribution in [1.29, 1.82) is 5.26 Å². The summed E-state index contributed by atoms with van der Waals surface area (Å²) in [6.45, 7) is 1.99. The number of benzene rings is 1. The molecule has 1 aliphatic carbocycles. The van der Waals surface area contributed by atoms with Crippen LogP contribution in [0.15, 0.2) is 36.4 Å². The standard InChI is InChI=1S/C18H23NO/c1-2-3-4-18(20)17-11-9-16(10-12-17)15-7-5-14(13-19)6-8-15/h2-3,5-8,16-18,20H,4,9-12H2,1H3. The van der Waals surface area contributed by atoms with Crippen LogP contribution < -0.4 is 0 Å². The average Bonchev–Trinajstić information content (AvgIpc) is 2.53. The van der Waals surface area contributed by atoms with E-state index in [-0.39, 0.29) is 6.10 Å². The van der Waals surface area contributed by atoms with Crippen molar-refractivity contribution < 1.29 is 5.11 Å². The third-order valence-corrected chi connectivity index (χ3v) is 4.44. The zero-order chi connectivity index (χ0) is 14.4. The van der Waals surface area contributed by atoms with E-state index in [1.807, 2.05) is 25.1 Å². The zero-order valence-electron chi connectivity index (χ0n) is 12.1. The highest BCUT2D eigenvalue weighted by Gasteiger charge is 2.26. The molecule has 1 aromatic carbocycles. The number of nitrogens with zero attached hydrogens (tertiary/aromatic N) is 1. The fourth-order valence-corrected chi connectivity index (χ4v) is 3.14. The molecule has 2 rings (SSSR count). The number of hydrogen-bond acceptors (Lipinski definition) is 2. The summed E-state index contributed by atoms with van der Waals surface area (Å²) in [6, 6.07) is 10.1. The van der Waals surface area contributed by atoms with E-state index in [2.05, 4.69) is 24.3 Å². The number of allylic oxidation sites excluding steroid dienone is 1. The summed E-state index contributed by atoms with van der Waals surface area (Å²) in [4.78, 5) is 0. The van der Waals surface area contributed by atoms with E-state index in [1.54, 1.807) is 0 Å². The quantitative estimate of drug-likeness (QED) is 0.834. The fourth-order valence-electron chi connectivity index (χ4n) is 3.14. The van der Waals surface area contributed by atoms with Crippen molar-refractivity contribution in [2.75, 3.05) is 0 Å². The highest BCUT2D eigenvalue weighted by Crippen LogP contribution is 2.37. The maximum absolute atomic E-state index is 10.1. The Morgan fingerprint density at radius 3 is 2.45 bits per heavy atom. The van der Waals surface area contributed by atoms with Gasteiger partial charge in [0.25, 0.3) is 0 Å². The molecule has 1 aliphatic rings. The predicted octanol–water partition coefficient (Wildman–Crippen LogP) is 4.16. The van der Waals surface area contributed by atoms with Gasteiger partial charge in [-0.05, 0) is 68.6 Å². The third-order valence-electron chi connectivity index (χ3n) is 4.44. The molecule has 2 heteroatoms. The molecule has 0 amide bonds. The number of aliphatic hydroxyl groups excluding tert-OH is 1. The van der Waals surface area contributed by atoms with Crippen molar-refractivity contribution in [3.63, 3.8) is 0 Å². The molecule has 1 N–H and O–H groups in total. The van der Waals surface area contributed by atoms with Gasteiger partial charge in [-0.25, -0.2) is 0 Å². The van der Waals surface area contributed by atoms with Gasteiger partial charge in [0.15, 0.2) is 0 Å². The zero-order valence-corrected chi connectivity index (χ0v) is 12.1. The van der Waals surface area contributed by atoms with Gasteiger partial charge in [0.2, 0.25) is 0 Å². The summed E-state index contributed by atoms with van der Waals surface area (Å²) < 4.78 is 0. The lowest BCUT2D eigenvalue weighted by molar-refractivity contribution is 0.0834. The molecule has 0 spiro atoms. The number of hydrogen-bond donors (Lipinski definition) is 1. The molecule has 20 heavy (non-hydrogen) atoms. The second-order valence-electron chi connectivity index (χ2n) is 5.72. The third kappa shape index (κ3) is 3.71. The predicted molar refractivity (Wildman–Crippen MR) is 81.3 cm³/mol. The lowest BCUT2D eigenvalue weighted by Crippen LogP contribution is -2.24. The van der Waals surface area contributed by atoms with Crippen LogP contribution in [0.5, 0.6) is 0 Å². The van der Waals surface area contributed by atoms with Crippen LogP contribution in [0.3, 0.4) is 0 Å². The van der Waals surface area contributed by atoms with Gasteiger partial charge in [-0.2, -0.15) is 5.26 Å².